The van der Waals surface area contributed by atoms with E-state index in [0.717, 1.165) is 54.0 Å². The van der Waals surface area contributed by atoms with Crippen molar-refractivity contribution in [2.75, 3.05) is 26.2 Å². The first-order valence-electron chi connectivity index (χ1n) is 11.5. The van der Waals surface area contributed by atoms with Crippen LogP contribution >= 0.6 is 0 Å². The minimum Gasteiger partial charge on any atom is -0.370 e. The maximum Gasteiger partial charge on any atom is 0.275 e. The van der Waals surface area contributed by atoms with Crippen molar-refractivity contribution in [2.24, 2.45) is 5.92 Å². The number of H-pyrrole nitrogens is 1. The van der Waals surface area contributed by atoms with Crippen molar-refractivity contribution in [3.63, 3.8) is 0 Å². The van der Waals surface area contributed by atoms with Crippen LogP contribution < -0.4 is 0 Å². The van der Waals surface area contributed by atoms with Gasteiger partial charge >= 0.3 is 0 Å². The van der Waals surface area contributed by atoms with Gasteiger partial charge in [0.1, 0.15) is 12.3 Å². The Hall–Kier alpha value is -2.68. The van der Waals surface area contributed by atoms with Gasteiger partial charge in [-0.15, -0.1) is 0 Å². The summed E-state index contributed by atoms with van der Waals surface area (Å²) in [6, 6.07) is 0. The lowest BCUT2D eigenvalue weighted by Gasteiger charge is -2.26. The quantitative estimate of drug-likeness (QED) is 0.735. The largest absolute Gasteiger partial charge is 0.370 e. The molecule has 2 aliphatic rings. The molecule has 4 rings (SSSR count). The number of aromatic amines is 1. The Morgan fingerprint density at radius 2 is 2.03 bits per heavy atom. The molecule has 1 N–H and O–H groups in total. The summed E-state index contributed by atoms with van der Waals surface area (Å²) in [6.45, 7) is 9.68. The number of fused-ring (bicyclic) bond motifs is 1. The minimum atomic E-state index is -0.312. The van der Waals surface area contributed by atoms with E-state index in [-0.39, 0.29) is 24.5 Å². The standard InChI is InChI=1S/C23H33N5O4/c1-14(2)9-27-10-17(31-13-19-15(3)26-32-16(19)4)11-28(12-21(27)29)23(30)22-18-7-5-6-8-20(18)24-25-22/h14,17H,5-13H2,1-4H3,(H,24,25). The van der Waals surface area contributed by atoms with Gasteiger partial charge in [-0.05, 0) is 45.4 Å². The van der Waals surface area contributed by atoms with Crippen LogP contribution in [-0.2, 0) is 29.0 Å². The number of nitrogens with one attached hydrogen (secondary N) is 1. The van der Waals surface area contributed by atoms with Crippen LogP contribution in [-0.4, -0.2) is 69.3 Å². The molecule has 9 heteroatoms. The summed E-state index contributed by atoms with van der Waals surface area (Å²) in [4.78, 5) is 29.9. The van der Waals surface area contributed by atoms with Gasteiger partial charge in [0.15, 0.2) is 5.69 Å². The van der Waals surface area contributed by atoms with Crippen LogP contribution in [0.4, 0.5) is 0 Å². The highest BCUT2D eigenvalue weighted by Crippen LogP contribution is 2.24. The first-order valence-corrected chi connectivity index (χ1v) is 11.5. The van der Waals surface area contributed by atoms with Gasteiger partial charge in [-0.2, -0.15) is 5.10 Å². The zero-order valence-electron chi connectivity index (χ0n) is 19.4. The van der Waals surface area contributed by atoms with Crippen molar-refractivity contribution < 1.29 is 18.8 Å². The molecule has 1 unspecified atom stereocenters. The van der Waals surface area contributed by atoms with Gasteiger partial charge in [0.05, 0.1) is 18.4 Å². The number of nitrogens with zero attached hydrogens (tertiary/aromatic N) is 4. The van der Waals surface area contributed by atoms with Crippen LogP contribution in [0.25, 0.3) is 0 Å². The Morgan fingerprint density at radius 1 is 1.25 bits per heavy atom. The van der Waals surface area contributed by atoms with E-state index in [4.69, 9.17) is 9.26 Å². The van der Waals surface area contributed by atoms with Crippen LogP contribution in [0.5, 0.6) is 0 Å². The third-order valence-corrected chi connectivity index (χ3v) is 6.30. The molecule has 32 heavy (non-hydrogen) atoms. The third-order valence-electron chi connectivity index (χ3n) is 6.30. The second kappa shape index (κ2) is 9.44. The zero-order valence-corrected chi connectivity index (χ0v) is 19.4. The van der Waals surface area contributed by atoms with Gasteiger partial charge in [0.2, 0.25) is 5.91 Å². The molecule has 2 amide bonds. The predicted octanol–water partition coefficient (Wildman–Crippen LogP) is 2.42. The first-order chi connectivity index (χ1) is 15.3. The van der Waals surface area contributed by atoms with E-state index in [0.29, 0.717) is 37.9 Å². The molecule has 1 aliphatic heterocycles. The average Bonchev–Trinajstić information content (AvgIpc) is 3.28. The molecule has 1 fully saturated rings. The second-order valence-corrected chi connectivity index (χ2v) is 9.35. The smallest absolute Gasteiger partial charge is 0.275 e. The lowest BCUT2D eigenvalue weighted by molar-refractivity contribution is -0.132. The van der Waals surface area contributed by atoms with Crippen molar-refractivity contribution in [2.45, 2.75) is 66.1 Å². The van der Waals surface area contributed by atoms with Crippen molar-refractivity contribution in [1.82, 2.24) is 25.2 Å². The summed E-state index contributed by atoms with van der Waals surface area (Å²) >= 11 is 0. The summed E-state index contributed by atoms with van der Waals surface area (Å²) in [6.07, 6.45) is 3.61. The molecule has 9 nitrogen and oxygen atoms in total. The van der Waals surface area contributed by atoms with Crippen molar-refractivity contribution >= 4 is 11.8 Å². The maximum atomic E-state index is 13.4. The molecule has 1 atom stereocenters. The molecule has 3 heterocycles. The summed E-state index contributed by atoms with van der Waals surface area (Å²) in [5, 5.41) is 11.3. The van der Waals surface area contributed by atoms with Crippen molar-refractivity contribution in [3.05, 3.63) is 34.0 Å². The number of hydrogen-bond donors (Lipinski definition) is 1. The Bertz CT molecular complexity index is 960. The number of carbonyl (C=O) groups is 2. The number of aryl methyl sites for hydroxylation is 3. The molecule has 1 saturated heterocycles. The monoisotopic (exact) mass is 443 g/mol. The summed E-state index contributed by atoms with van der Waals surface area (Å²) in [7, 11) is 0. The predicted molar refractivity (Wildman–Crippen MR) is 117 cm³/mol. The Balaban J connectivity index is 1.54. The lowest BCUT2D eigenvalue weighted by Crippen LogP contribution is -2.41. The topological polar surface area (TPSA) is 105 Å². The van der Waals surface area contributed by atoms with Crippen LogP contribution in [0, 0.1) is 19.8 Å². The molecule has 174 valence electrons. The molecular formula is C23H33N5O4. The van der Waals surface area contributed by atoms with Gasteiger partial charge in [-0.1, -0.05) is 19.0 Å². The Kier molecular flexibility index (Phi) is 6.64. The van der Waals surface area contributed by atoms with E-state index in [1.807, 2.05) is 18.7 Å². The molecule has 2 aromatic heterocycles. The number of hydrogen-bond acceptors (Lipinski definition) is 6. The second-order valence-electron chi connectivity index (χ2n) is 9.35. The Labute approximate surface area is 188 Å². The summed E-state index contributed by atoms with van der Waals surface area (Å²) < 4.78 is 11.5. The number of carbonyl (C=O) groups excluding carboxylic acids is 2. The highest BCUT2D eigenvalue weighted by Gasteiger charge is 2.34. The zero-order chi connectivity index (χ0) is 22.8. The molecule has 2 aromatic rings. The van der Waals surface area contributed by atoms with Gasteiger partial charge in [-0.25, -0.2) is 0 Å². The van der Waals surface area contributed by atoms with Crippen molar-refractivity contribution in [3.8, 4) is 0 Å². The summed E-state index contributed by atoms with van der Waals surface area (Å²) in [5.41, 5.74) is 4.21. The fourth-order valence-electron chi connectivity index (χ4n) is 4.57. The molecule has 0 aromatic carbocycles. The van der Waals surface area contributed by atoms with E-state index >= 15 is 0 Å². The molecule has 0 saturated carbocycles. The fraction of sp³-hybridized carbons (Fsp3) is 0.652. The Morgan fingerprint density at radius 3 is 2.75 bits per heavy atom. The normalized spacial score (nSPS) is 19.4. The highest BCUT2D eigenvalue weighted by atomic mass is 16.5. The SMILES string of the molecule is Cc1noc(C)c1COC1CN(CC(C)C)C(=O)CN(C(=O)c2n[nH]c3c2CCCC3)C1. The van der Waals surface area contributed by atoms with Crippen LogP contribution in [0.2, 0.25) is 0 Å². The number of amides is 2. The maximum absolute atomic E-state index is 13.4. The van der Waals surface area contributed by atoms with Gasteiger partial charge in [0.25, 0.3) is 5.91 Å². The van der Waals surface area contributed by atoms with Crippen LogP contribution in [0.1, 0.15) is 65.5 Å². The fourth-order valence-corrected chi connectivity index (χ4v) is 4.57. The van der Waals surface area contributed by atoms with Gasteiger partial charge < -0.3 is 19.1 Å². The number of rotatable bonds is 6. The third kappa shape index (κ3) is 4.72. The van der Waals surface area contributed by atoms with E-state index in [1.165, 1.54) is 0 Å². The van der Waals surface area contributed by atoms with Crippen molar-refractivity contribution in [1.29, 1.82) is 0 Å². The van der Waals surface area contributed by atoms with E-state index in [1.54, 1.807) is 4.90 Å². The average molecular weight is 444 g/mol. The number of aromatic nitrogens is 3. The lowest BCUT2D eigenvalue weighted by atomic mass is 9.95. The summed E-state index contributed by atoms with van der Waals surface area (Å²) in [5.74, 6) is 0.792. The van der Waals surface area contributed by atoms with Gasteiger partial charge in [-0.3, -0.25) is 14.7 Å². The molecule has 0 radical (unpaired) electrons. The first kappa shape index (κ1) is 22.5. The van der Waals surface area contributed by atoms with E-state index in [2.05, 4.69) is 29.2 Å². The minimum absolute atomic E-state index is 0.0400. The molecule has 0 spiro atoms. The molecule has 0 bridgehead atoms. The van der Waals surface area contributed by atoms with E-state index in [9.17, 15) is 9.59 Å². The highest BCUT2D eigenvalue weighted by molar-refractivity contribution is 5.96. The molecule has 1 aliphatic carbocycles. The van der Waals surface area contributed by atoms with Crippen LogP contribution in [0.15, 0.2) is 4.52 Å². The van der Waals surface area contributed by atoms with E-state index < -0.39 is 0 Å². The number of ether oxygens (including phenoxy) is 1. The molecular weight excluding hydrogens is 410 g/mol. The van der Waals surface area contributed by atoms with Gasteiger partial charge in [0, 0.05) is 36.5 Å². The van der Waals surface area contributed by atoms with Crippen LogP contribution in [0.3, 0.4) is 0 Å².